The monoisotopic (exact) mass is 256 g/mol. The van der Waals surface area contributed by atoms with E-state index < -0.39 is 0 Å². The molecule has 0 spiro atoms. The molecule has 0 aliphatic heterocycles. The Hall–Kier alpha value is -0.250. The van der Waals surface area contributed by atoms with Crippen molar-refractivity contribution in [1.29, 1.82) is 0 Å². The molecule has 0 amide bonds. The Balaban J connectivity index is 1.91. The van der Waals surface area contributed by atoms with Crippen LogP contribution in [0, 0.1) is 0 Å². The number of nitrogens with one attached hydrogen (secondary N) is 1. The van der Waals surface area contributed by atoms with Gasteiger partial charge in [-0.25, -0.2) is 4.98 Å². The van der Waals surface area contributed by atoms with Gasteiger partial charge >= 0.3 is 0 Å². The van der Waals surface area contributed by atoms with Crippen LogP contribution >= 0.6 is 23.4 Å². The van der Waals surface area contributed by atoms with Crippen molar-refractivity contribution in [3.63, 3.8) is 0 Å². The fraction of sp³-hybridized carbons (Fsp3) is 0.583. The average molecular weight is 257 g/mol. The number of hydrogen-bond donors (Lipinski definition) is 1. The van der Waals surface area contributed by atoms with Crippen molar-refractivity contribution in [2.75, 3.05) is 7.05 Å². The molecule has 2 rings (SSSR count). The highest BCUT2D eigenvalue weighted by Gasteiger charge is 2.21. The minimum atomic E-state index is 0.679. The molecule has 1 aromatic heterocycles. The quantitative estimate of drug-likeness (QED) is 0.898. The van der Waals surface area contributed by atoms with Gasteiger partial charge in [0.2, 0.25) is 0 Å². The molecule has 2 atom stereocenters. The van der Waals surface area contributed by atoms with Gasteiger partial charge in [0, 0.05) is 17.5 Å². The zero-order valence-electron chi connectivity index (χ0n) is 9.45. The molecule has 1 fully saturated rings. The molecule has 1 N–H and O–H groups in total. The molecule has 16 heavy (non-hydrogen) atoms. The standard InChI is InChI=1S/C12H17ClN2S/c1-14-10-3-2-4-11(7-10)16-12-6-5-9(13)8-15-12/h5-6,8,10-11,14H,2-4,7H2,1H3. The van der Waals surface area contributed by atoms with Gasteiger partial charge in [-0.1, -0.05) is 18.0 Å². The molecule has 1 aliphatic rings. The molecule has 2 nitrogen and oxygen atoms in total. The number of halogens is 1. The summed E-state index contributed by atoms with van der Waals surface area (Å²) in [6.45, 7) is 0. The number of hydrogen-bond acceptors (Lipinski definition) is 3. The first-order valence-electron chi connectivity index (χ1n) is 5.73. The maximum Gasteiger partial charge on any atom is 0.0963 e. The van der Waals surface area contributed by atoms with E-state index in [2.05, 4.69) is 17.3 Å². The summed E-state index contributed by atoms with van der Waals surface area (Å²) in [6, 6.07) is 4.60. The van der Waals surface area contributed by atoms with E-state index in [0.717, 1.165) is 5.03 Å². The minimum Gasteiger partial charge on any atom is -0.317 e. The van der Waals surface area contributed by atoms with Crippen molar-refractivity contribution >= 4 is 23.4 Å². The van der Waals surface area contributed by atoms with Gasteiger partial charge in [-0.05, 0) is 38.4 Å². The third-order valence-electron chi connectivity index (χ3n) is 3.02. The maximum atomic E-state index is 5.82. The van der Waals surface area contributed by atoms with Crippen LogP contribution in [0.2, 0.25) is 5.02 Å². The Kier molecular flexibility index (Phi) is 4.50. The third kappa shape index (κ3) is 3.37. The van der Waals surface area contributed by atoms with Crippen molar-refractivity contribution in [3.8, 4) is 0 Å². The Morgan fingerprint density at radius 1 is 1.44 bits per heavy atom. The van der Waals surface area contributed by atoms with Gasteiger partial charge in [0.15, 0.2) is 0 Å². The Morgan fingerprint density at radius 3 is 3.00 bits per heavy atom. The summed E-state index contributed by atoms with van der Waals surface area (Å²) in [7, 11) is 2.05. The summed E-state index contributed by atoms with van der Waals surface area (Å²) in [5.74, 6) is 0. The maximum absolute atomic E-state index is 5.82. The van der Waals surface area contributed by atoms with E-state index in [9.17, 15) is 0 Å². The molecule has 0 bridgehead atoms. The Labute approximate surface area is 106 Å². The van der Waals surface area contributed by atoms with E-state index in [1.807, 2.05) is 23.9 Å². The first-order chi connectivity index (χ1) is 7.78. The normalized spacial score (nSPS) is 25.6. The fourth-order valence-corrected chi connectivity index (χ4v) is 3.44. The van der Waals surface area contributed by atoms with E-state index in [1.165, 1.54) is 25.7 Å². The van der Waals surface area contributed by atoms with Crippen LogP contribution in [0.3, 0.4) is 0 Å². The predicted octanol–water partition coefficient (Wildman–Crippen LogP) is 3.36. The highest BCUT2D eigenvalue weighted by atomic mass is 35.5. The molecule has 88 valence electrons. The molecule has 4 heteroatoms. The van der Waals surface area contributed by atoms with Crippen LogP contribution in [0.4, 0.5) is 0 Å². The summed E-state index contributed by atoms with van der Waals surface area (Å²) in [5, 5.41) is 5.87. The average Bonchev–Trinajstić information content (AvgIpc) is 2.32. The molecule has 0 aromatic carbocycles. The molecule has 1 aliphatic carbocycles. The zero-order chi connectivity index (χ0) is 11.4. The van der Waals surface area contributed by atoms with Crippen molar-refractivity contribution in [1.82, 2.24) is 10.3 Å². The lowest BCUT2D eigenvalue weighted by Gasteiger charge is -2.28. The molecular formula is C12H17ClN2S. The summed E-state index contributed by atoms with van der Waals surface area (Å²) in [5.41, 5.74) is 0. The number of thioether (sulfide) groups is 1. The molecule has 1 aromatic rings. The van der Waals surface area contributed by atoms with Gasteiger partial charge in [-0.15, -0.1) is 11.8 Å². The van der Waals surface area contributed by atoms with Crippen molar-refractivity contribution < 1.29 is 0 Å². The van der Waals surface area contributed by atoms with Crippen LogP contribution in [0.5, 0.6) is 0 Å². The van der Waals surface area contributed by atoms with Gasteiger partial charge in [-0.3, -0.25) is 0 Å². The fourth-order valence-electron chi connectivity index (χ4n) is 2.12. The lowest BCUT2D eigenvalue weighted by molar-refractivity contribution is 0.402. The molecule has 2 unspecified atom stereocenters. The van der Waals surface area contributed by atoms with Crippen LogP contribution in [0.15, 0.2) is 23.4 Å². The van der Waals surface area contributed by atoms with Crippen LogP contribution in [-0.4, -0.2) is 23.3 Å². The Bertz CT molecular complexity index is 328. The first kappa shape index (κ1) is 12.2. The number of nitrogens with zero attached hydrogens (tertiary/aromatic N) is 1. The predicted molar refractivity (Wildman–Crippen MR) is 70.2 cm³/mol. The van der Waals surface area contributed by atoms with Crippen molar-refractivity contribution in [2.45, 2.75) is 42.0 Å². The van der Waals surface area contributed by atoms with E-state index >= 15 is 0 Å². The van der Waals surface area contributed by atoms with Gasteiger partial charge in [-0.2, -0.15) is 0 Å². The largest absolute Gasteiger partial charge is 0.317 e. The smallest absolute Gasteiger partial charge is 0.0963 e. The van der Waals surface area contributed by atoms with E-state index in [1.54, 1.807) is 6.20 Å². The highest BCUT2D eigenvalue weighted by molar-refractivity contribution is 7.99. The van der Waals surface area contributed by atoms with Crippen molar-refractivity contribution in [2.24, 2.45) is 0 Å². The second kappa shape index (κ2) is 5.89. The Morgan fingerprint density at radius 2 is 2.31 bits per heavy atom. The lowest BCUT2D eigenvalue weighted by Crippen LogP contribution is -2.32. The van der Waals surface area contributed by atoms with E-state index in [0.29, 0.717) is 16.3 Å². The summed E-state index contributed by atoms with van der Waals surface area (Å²) < 4.78 is 0. The SMILES string of the molecule is CNC1CCCC(Sc2ccc(Cl)cn2)C1. The second-order valence-corrected chi connectivity index (χ2v) is 5.96. The van der Waals surface area contributed by atoms with Crippen molar-refractivity contribution in [3.05, 3.63) is 23.4 Å². The summed E-state index contributed by atoms with van der Waals surface area (Å²) >= 11 is 7.70. The highest BCUT2D eigenvalue weighted by Crippen LogP contribution is 2.32. The molecule has 0 radical (unpaired) electrons. The topological polar surface area (TPSA) is 24.9 Å². The minimum absolute atomic E-state index is 0.679. The zero-order valence-corrected chi connectivity index (χ0v) is 11.0. The van der Waals surface area contributed by atoms with E-state index in [-0.39, 0.29) is 0 Å². The van der Waals surface area contributed by atoms with Crippen LogP contribution in [0.1, 0.15) is 25.7 Å². The molecule has 1 saturated carbocycles. The molecule has 1 heterocycles. The summed E-state index contributed by atoms with van der Waals surface area (Å²) in [4.78, 5) is 4.33. The summed E-state index contributed by atoms with van der Waals surface area (Å²) in [6.07, 6.45) is 6.89. The number of aromatic nitrogens is 1. The number of pyridine rings is 1. The van der Waals surface area contributed by atoms with Crippen LogP contribution in [0.25, 0.3) is 0 Å². The van der Waals surface area contributed by atoms with Crippen LogP contribution in [-0.2, 0) is 0 Å². The third-order valence-corrected chi connectivity index (χ3v) is 4.49. The van der Waals surface area contributed by atoms with Gasteiger partial charge < -0.3 is 5.32 Å². The van der Waals surface area contributed by atoms with Gasteiger partial charge in [0.1, 0.15) is 0 Å². The molecular weight excluding hydrogens is 240 g/mol. The number of rotatable bonds is 3. The van der Waals surface area contributed by atoms with E-state index in [4.69, 9.17) is 11.6 Å². The van der Waals surface area contributed by atoms with Gasteiger partial charge in [0.05, 0.1) is 10.0 Å². The first-order valence-corrected chi connectivity index (χ1v) is 6.99. The second-order valence-electron chi connectivity index (χ2n) is 4.21. The van der Waals surface area contributed by atoms with Gasteiger partial charge in [0.25, 0.3) is 0 Å². The molecule has 0 saturated heterocycles. The lowest BCUT2D eigenvalue weighted by atomic mass is 9.95. The van der Waals surface area contributed by atoms with Crippen LogP contribution < -0.4 is 5.32 Å².